The first kappa shape index (κ1) is 16.6. The third-order valence-electron chi connectivity index (χ3n) is 3.74. The van der Waals surface area contributed by atoms with Crippen LogP contribution in [0.4, 0.5) is 10.1 Å². The molecule has 0 spiro atoms. The lowest BCUT2D eigenvalue weighted by molar-refractivity contribution is 0.0600. The van der Waals surface area contributed by atoms with Gasteiger partial charge in [0.15, 0.2) is 0 Å². The molecule has 3 aromatic rings. The van der Waals surface area contributed by atoms with Crippen LogP contribution in [0.5, 0.6) is 0 Å². The van der Waals surface area contributed by atoms with Gasteiger partial charge >= 0.3 is 5.97 Å². The van der Waals surface area contributed by atoms with Crippen LogP contribution in [-0.4, -0.2) is 19.3 Å². The van der Waals surface area contributed by atoms with Gasteiger partial charge in [-0.3, -0.25) is 4.99 Å². The number of ether oxygens (including phenoxy) is 1. The number of carbonyl (C=O) groups excluding carboxylic acids is 1. The molecule has 0 unspecified atom stereocenters. The maximum atomic E-state index is 14.3. The van der Waals surface area contributed by atoms with E-state index in [4.69, 9.17) is 0 Å². The summed E-state index contributed by atoms with van der Waals surface area (Å²) in [7, 11) is 1.33. The predicted octanol–water partition coefficient (Wildman–Crippen LogP) is 5.03. The molecule has 3 aromatic carbocycles. The van der Waals surface area contributed by atoms with Crippen LogP contribution >= 0.6 is 0 Å². The number of rotatable bonds is 4. The molecule has 0 aliphatic heterocycles. The summed E-state index contributed by atoms with van der Waals surface area (Å²) in [4.78, 5) is 15.6. The van der Waals surface area contributed by atoms with Crippen LogP contribution in [0.3, 0.4) is 0 Å². The van der Waals surface area contributed by atoms with E-state index in [0.717, 1.165) is 16.7 Å². The van der Waals surface area contributed by atoms with Crippen LogP contribution in [0.2, 0.25) is 0 Å². The number of esters is 1. The fourth-order valence-corrected chi connectivity index (χ4v) is 2.39. The van der Waals surface area contributed by atoms with Crippen molar-refractivity contribution in [2.75, 3.05) is 7.11 Å². The van der Waals surface area contributed by atoms with Crippen molar-refractivity contribution in [2.24, 2.45) is 4.99 Å². The number of carbonyl (C=O) groups is 1. The summed E-state index contributed by atoms with van der Waals surface area (Å²) >= 11 is 0. The third kappa shape index (κ3) is 3.98. The van der Waals surface area contributed by atoms with Crippen molar-refractivity contribution < 1.29 is 13.9 Å². The van der Waals surface area contributed by atoms with Crippen molar-refractivity contribution >= 4 is 17.9 Å². The van der Waals surface area contributed by atoms with Crippen LogP contribution in [-0.2, 0) is 4.74 Å². The van der Waals surface area contributed by atoms with E-state index in [0.29, 0.717) is 5.56 Å². The smallest absolute Gasteiger partial charge is 0.337 e. The molecule has 0 radical (unpaired) electrons. The lowest BCUT2D eigenvalue weighted by atomic mass is 10.1. The first-order chi connectivity index (χ1) is 12.2. The lowest BCUT2D eigenvalue weighted by Crippen LogP contribution is -2.00. The molecule has 0 amide bonds. The van der Waals surface area contributed by atoms with E-state index in [1.165, 1.54) is 13.2 Å². The fourth-order valence-electron chi connectivity index (χ4n) is 2.39. The summed E-state index contributed by atoms with van der Waals surface area (Å²) < 4.78 is 18.9. The lowest BCUT2D eigenvalue weighted by Gasteiger charge is -2.03. The monoisotopic (exact) mass is 333 g/mol. The number of hydrogen-bond acceptors (Lipinski definition) is 3. The van der Waals surface area contributed by atoms with Crippen molar-refractivity contribution in [3.05, 3.63) is 89.7 Å². The predicted molar refractivity (Wildman–Crippen MR) is 96.9 cm³/mol. The Hall–Kier alpha value is -3.27. The molecule has 0 saturated carbocycles. The van der Waals surface area contributed by atoms with Crippen molar-refractivity contribution in [1.29, 1.82) is 0 Å². The average Bonchev–Trinajstić information content (AvgIpc) is 2.67. The minimum Gasteiger partial charge on any atom is -0.465 e. The van der Waals surface area contributed by atoms with Gasteiger partial charge in [-0.1, -0.05) is 48.5 Å². The van der Waals surface area contributed by atoms with E-state index in [9.17, 15) is 9.18 Å². The Morgan fingerprint density at radius 3 is 2.32 bits per heavy atom. The highest BCUT2D eigenvalue weighted by Gasteiger charge is 2.05. The zero-order valence-electron chi connectivity index (χ0n) is 13.6. The third-order valence-corrected chi connectivity index (χ3v) is 3.74. The second-order valence-electron chi connectivity index (χ2n) is 5.40. The molecule has 0 N–H and O–H groups in total. The SMILES string of the molecule is COC(=O)c1ccc(C=Nc2ccc(-c3ccccc3)cc2F)cc1. The van der Waals surface area contributed by atoms with Crippen LogP contribution < -0.4 is 0 Å². The summed E-state index contributed by atoms with van der Waals surface area (Å²) in [6, 6.07) is 21.3. The Balaban J connectivity index is 1.78. The van der Waals surface area contributed by atoms with E-state index in [-0.39, 0.29) is 11.5 Å². The number of nitrogens with zero attached hydrogens (tertiary/aromatic N) is 1. The van der Waals surface area contributed by atoms with Crippen LogP contribution in [0.15, 0.2) is 77.8 Å². The Morgan fingerprint density at radius 2 is 1.68 bits per heavy atom. The normalized spacial score (nSPS) is 10.8. The summed E-state index contributed by atoms with van der Waals surface area (Å²) in [6.07, 6.45) is 1.56. The molecule has 0 saturated heterocycles. The Labute approximate surface area is 145 Å². The van der Waals surface area contributed by atoms with E-state index in [2.05, 4.69) is 9.73 Å². The summed E-state index contributed by atoms with van der Waals surface area (Å²) in [6.45, 7) is 0. The van der Waals surface area contributed by atoms with Gasteiger partial charge in [0.25, 0.3) is 0 Å². The van der Waals surface area contributed by atoms with Crippen LogP contribution in [0.25, 0.3) is 11.1 Å². The van der Waals surface area contributed by atoms with E-state index in [1.54, 1.807) is 36.5 Å². The number of aliphatic imine (C=N–C) groups is 1. The molecule has 124 valence electrons. The van der Waals surface area contributed by atoms with Crippen molar-refractivity contribution in [1.82, 2.24) is 0 Å². The van der Waals surface area contributed by atoms with Crippen molar-refractivity contribution in [3.8, 4) is 11.1 Å². The molecule has 0 bridgehead atoms. The van der Waals surface area contributed by atoms with Gasteiger partial charge in [-0.25, -0.2) is 9.18 Å². The number of benzene rings is 3. The molecule has 0 atom stereocenters. The van der Waals surface area contributed by atoms with E-state index in [1.807, 2.05) is 36.4 Å². The van der Waals surface area contributed by atoms with Crippen LogP contribution in [0, 0.1) is 5.82 Å². The topological polar surface area (TPSA) is 38.7 Å². The summed E-state index contributed by atoms with van der Waals surface area (Å²) in [5.41, 5.74) is 3.24. The molecule has 3 nitrogen and oxygen atoms in total. The quantitative estimate of drug-likeness (QED) is 0.496. The minimum absolute atomic E-state index is 0.261. The van der Waals surface area contributed by atoms with Crippen molar-refractivity contribution in [2.45, 2.75) is 0 Å². The zero-order chi connectivity index (χ0) is 17.6. The maximum Gasteiger partial charge on any atom is 0.337 e. The molecule has 4 heteroatoms. The molecule has 3 rings (SSSR count). The molecule has 25 heavy (non-hydrogen) atoms. The summed E-state index contributed by atoms with van der Waals surface area (Å²) in [5.74, 6) is -0.783. The molecular formula is C21H16FNO2. The van der Waals surface area contributed by atoms with Crippen LogP contribution in [0.1, 0.15) is 15.9 Å². The van der Waals surface area contributed by atoms with Crippen molar-refractivity contribution in [3.63, 3.8) is 0 Å². The summed E-state index contributed by atoms with van der Waals surface area (Å²) in [5, 5.41) is 0. The van der Waals surface area contributed by atoms with Gasteiger partial charge in [-0.2, -0.15) is 0 Å². The fraction of sp³-hybridized carbons (Fsp3) is 0.0476. The van der Waals surface area contributed by atoms with Gasteiger partial charge in [0.1, 0.15) is 5.82 Å². The van der Waals surface area contributed by atoms with Gasteiger partial charge in [-0.05, 0) is 41.0 Å². The van der Waals surface area contributed by atoms with Gasteiger partial charge < -0.3 is 4.74 Å². The highest BCUT2D eigenvalue weighted by Crippen LogP contribution is 2.25. The van der Waals surface area contributed by atoms with Gasteiger partial charge in [0, 0.05) is 6.21 Å². The minimum atomic E-state index is -0.397. The standard InChI is InChI=1S/C21H16FNO2/c1-25-21(24)17-9-7-15(8-10-17)14-23-20-12-11-18(13-19(20)22)16-5-3-2-4-6-16/h2-14H,1H3. The maximum absolute atomic E-state index is 14.3. The van der Waals surface area contributed by atoms with Gasteiger partial charge in [0.2, 0.25) is 0 Å². The largest absolute Gasteiger partial charge is 0.465 e. The number of halogens is 1. The number of methoxy groups -OCH3 is 1. The highest BCUT2D eigenvalue weighted by atomic mass is 19.1. The van der Waals surface area contributed by atoms with Gasteiger partial charge in [0.05, 0.1) is 18.4 Å². The average molecular weight is 333 g/mol. The molecule has 0 aliphatic carbocycles. The number of hydrogen-bond donors (Lipinski definition) is 0. The highest BCUT2D eigenvalue weighted by molar-refractivity contribution is 5.91. The van der Waals surface area contributed by atoms with E-state index < -0.39 is 5.97 Å². The molecular weight excluding hydrogens is 317 g/mol. The Kier molecular flexibility index (Phi) is 5.00. The van der Waals surface area contributed by atoms with E-state index >= 15 is 0 Å². The molecule has 0 fully saturated rings. The second kappa shape index (κ2) is 7.53. The zero-order valence-corrected chi connectivity index (χ0v) is 13.6. The Morgan fingerprint density at radius 1 is 0.960 bits per heavy atom. The Bertz CT molecular complexity index is 903. The first-order valence-electron chi connectivity index (χ1n) is 7.75. The van der Waals surface area contributed by atoms with Gasteiger partial charge in [-0.15, -0.1) is 0 Å². The molecule has 0 aliphatic rings. The molecule has 0 aromatic heterocycles. The first-order valence-corrected chi connectivity index (χ1v) is 7.75. The second-order valence-corrected chi connectivity index (χ2v) is 5.40. The molecule has 0 heterocycles.